The molecule has 2 N–H and O–H groups in total. The van der Waals surface area contributed by atoms with E-state index in [1.807, 2.05) is 24.4 Å². The van der Waals surface area contributed by atoms with E-state index in [1.54, 1.807) is 17.4 Å². The summed E-state index contributed by atoms with van der Waals surface area (Å²) in [6.07, 6.45) is 0. The van der Waals surface area contributed by atoms with Crippen LogP contribution in [0.15, 0.2) is 35.7 Å². The third kappa shape index (κ3) is 4.37. The molecule has 1 aromatic carbocycles. The highest BCUT2D eigenvalue weighted by Crippen LogP contribution is 2.19. The molecule has 2 aromatic rings. The smallest absolute Gasteiger partial charge is 0.313 e. The molecule has 0 spiro atoms. The Balaban J connectivity index is 1.90. The Labute approximate surface area is 136 Å². The zero-order valence-corrected chi connectivity index (χ0v) is 13.1. The number of anilines is 1. The van der Waals surface area contributed by atoms with Gasteiger partial charge in [0.1, 0.15) is 11.9 Å². The van der Waals surface area contributed by atoms with Crippen molar-refractivity contribution in [3.05, 3.63) is 52.0 Å². The summed E-state index contributed by atoms with van der Waals surface area (Å²) in [5.41, 5.74) is -0.0102. The first-order chi connectivity index (χ1) is 11.0. The van der Waals surface area contributed by atoms with Crippen molar-refractivity contribution >= 4 is 28.8 Å². The summed E-state index contributed by atoms with van der Waals surface area (Å²) in [6.45, 7) is 2.28. The molecule has 1 atom stereocenters. The Morgan fingerprint density at radius 2 is 2.13 bits per heavy atom. The molecule has 0 fully saturated rings. The average molecular weight is 331 g/mol. The van der Waals surface area contributed by atoms with Gasteiger partial charge >= 0.3 is 11.8 Å². The molecule has 2 amide bonds. The number of rotatable bonds is 4. The summed E-state index contributed by atoms with van der Waals surface area (Å²) in [7, 11) is 0. The van der Waals surface area contributed by atoms with Gasteiger partial charge in [0, 0.05) is 23.0 Å². The molecule has 1 unspecified atom stereocenters. The first kappa shape index (κ1) is 16.6. The van der Waals surface area contributed by atoms with E-state index in [0.29, 0.717) is 6.54 Å². The molecule has 2 rings (SSSR count). The molecule has 23 heavy (non-hydrogen) atoms. The summed E-state index contributed by atoms with van der Waals surface area (Å²) in [5.74, 6) is -2.22. The largest absolute Gasteiger partial charge is 0.347 e. The molecule has 5 nitrogen and oxygen atoms in total. The highest BCUT2D eigenvalue weighted by Gasteiger charge is 2.16. The highest BCUT2D eigenvalue weighted by molar-refractivity contribution is 7.10. The molecule has 0 aliphatic carbocycles. The van der Waals surface area contributed by atoms with Crippen molar-refractivity contribution < 1.29 is 14.0 Å². The lowest BCUT2D eigenvalue weighted by molar-refractivity contribution is -0.136. The molecular weight excluding hydrogens is 317 g/mol. The maximum atomic E-state index is 13.2. The molecule has 0 saturated heterocycles. The molecule has 0 aliphatic rings. The van der Waals surface area contributed by atoms with Crippen LogP contribution < -0.4 is 10.6 Å². The third-order valence-electron chi connectivity index (χ3n) is 3.15. The number of amides is 2. The van der Waals surface area contributed by atoms with Gasteiger partial charge in [-0.3, -0.25) is 9.59 Å². The van der Waals surface area contributed by atoms with Crippen molar-refractivity contribution in [3.63, 3.8) is 0 Å². The van der Waals surface area contributed by atoms with Crippen LogP contribution in [0.2, 0.25) is 0 Å². The van der Waals surface area contributed by atoms with Gasteiger partial charge < -0.3 is 10.6 Å². The quantitative estimate of drug-likeness (QED) is 0.845. The van der Waals surface area contributed by atoms with Crippen molar-refractivity contribution in [2.45, 2.75) is 12.8 Å². The highest BCUT2D eigenvalue weighted by atomic mass is 32.1. The Bertz CT molecular complexity index is 753. The van der Waals surface area contributed by atoms with Gasteiger partial charge in [0.05, 0.1) is 5.56 Å². The zero-order chi connectivity index (χ0) is 16.8. The zero-order valence-electron chi connectivity index (χ0n) is 12.3. The predicted molar refractivity (Wildman–Crippen MR) is 85.5 cm³/mol. The molecule has 7 heteroatoms. The number of carbonyl (C=O) groups is 2. The molecule has 0 radical (unpaired) electrons. The van der Waals surface area contributed by atoms with Crippen LogP contribution in [0.1, 0.15) is 23.3 Å². The lowest BCUT2D eigenvalue weighted by atomic mass is 10.1. The molecule has 0 bridgehead atoms. The van der Waals surface area contributed by atoms with Crippen LogP contribution in [0.3, 0.4) is 0 Å². The van der Waals surface area contributed by atoms with E-state index in [2.05, 4.69) is 10.6 Å². The molecule has 118 valence electrons. The summed E-state index contributed by atoms with van der Waals surface area (Å²) in [6, 6.07) is 9.08. The van der Waals surface area contributed by atoms with E-state index >= 15 is 0 Å². The maximum Gasteiger partial charge on any atom is 0.313 e. The Hall–Kier alpha value is -2.72. The van der Waals surface area contributed by atoms with Gasteiger partial charge in [0.15, 0.2) is 0 Å². The normalized spacial score (nSPS) is 11.3. The van der Waals surface area contributed by atoms with Crippen molar-refractivity contribution in [2.24, 2.45) is 0 Å². The fourth-order valence-electron chi connectivity index (χ4n) is 1.87. The van der Waals surface area contributed by atoms with E-state index < -0.39 is 17.6 Å². The first-order valence-electron chi connectivity index (χ1n) is 6.83. The van der Waals surface area contributed by atoms with Crippen LogP contribution in [0.25, 0.3) is 0 Å². The predicted octanol–water partition coefficient (Wildman–Crippen LogP) is 2.62. The topological polar surface area (TPSA) is 82.0 Å². The van der Waals surface area contributed by atoms with E-state index in [0.717, 1.165) is 10.9 Å². The van der Waals surface area contributed by atoms with Gasteiger partial charge in [-0.25, -0.2) is 4.39 Å². The number of hydrogen-bond acceptors (Lipinski definition) is 4. The number of halogens is 1. The Morgan fingerprint density at radius 3 is 2.78 bits per heavy atom. The van der Waals surface area contributed by atoms with Crippen LogP contribution in [0.4, 0.5) is 10.1 Å². The minimum atomic E-state index is -0.862. The third-order valence-corrected chi connectivity index (χ3v) is 4.25. The fourth-order valence-corrected chi connectivity index (χ4v) is 2.66. The second-order valence-corrected chi connectivity index (χ2v) is 5.87. The standard InChI is InChI=1S/C16H14FN3O2S/c1-10(14-3-2-6-23-14)9-19-15(21)16(22)20-12-4-5-13(17)11(7-12)8-18/h2-7,10H,9H2,1H3,(H,19,21)(H,20,22). The van der Waals surface area contributed by atoms with Gasteiger partial charge in [0.25, 0.3) is 0 Å². The number of nitrogens with zero attached hydrogens (tertiary/aromatic N) is 1. The molecular formula is C16H14FN3O2S. The second-order valence-electron chi connectivity index (χ2n) is 4.89. The molecule has 0 aliphatic heterocycles. The van der Waals surface area contributed by atoms with E-state index in [1.165, 1.54) is 12.1 Å². The van der Waals surface area contributed by atoms with Crippen LogP contribution >= 0.6 is 11.3 Å². The summed E-state index contributed by atoms with van der Waals surface area (Å²) in [5, 5.41) is 15.6. The average Bonchev–Trinajstić information content (AvgIpc) is 3.08. The number of hydrogen-bond donors (Lipinski definition) is 2. The molecule has 0 saturated carbocycles. The number of nitriles is 1. The van der Waals surface area contributed by atoms with E-state index in [-0.39, 0.29) is 17.2 Å². The lowest BCUT2D eigenvalue weighted by Crippen LogP contribution is -2.37. The van der Waals surface area contributed by atoms with Crippen LogP contribution in [0.5, 0.6) is 0 Å². The van der Waals surface area contributed by atoms with Crippen molar-refractivity contribution in [1.29, 1.82) is 5.26 Å². The molecule has 1 aromatic heterocycles. The van der Waals surface area contributed by atoms with Crippen molar-refractivity contribution in [3.8, 4) is 6.07 Å². The summed E-state index contributed by atoms with van der Waals surface area (Å²) in [4.78, 5) is 24.7. The van der Waals surface area contributed by atoms with Crippen LogP contribution in [0, 0.1) is 17.1 Å². The number of carbonyl (C=O) groups excluding carboxylic acids is 2. The van der Waals surface area contributed by atoms with Gasteiger partial charge in [-0.15, -0.1) is 11.3 Å². The number of benzene rings is 1. The minimum Gasteiger partial charge on any atom is -0.347 e. The lowest BCUT2D eigenvalue weighted by Gasteiger charge is -2.11. The van der Waals surface area contributed by atoms with Crippen LogP contribution in [-0.4, -0.2) is 18.4 Å². The fraction of sp³-hybridized carbons (Fsp3) is 0.188. The van der Waals surface area contributed by atoms with Gasteiger partial charge in [-0.1, -0.05) is 13.0 Å². The maximum absolute atomic E-state index is 13.2. The van der Waals surface area contributed by atoms with Gasteiger partial charge in [-0.2, -0.15) is 5.26 Å². The van der Waals surface area contributed by atoms with Gasteiger partial charge in [0.2, 0.25) is 0 Å². The number of nitrogens with one attached hydrogen (secondary N) is 2. The Morgan fingerprint density at radius 1 is 1.35 bits per heavy atom. The summed E-state index contributed by atoms with van der Waals surface area (Å²) >= 11 is 1.58. The SMILES string of the molecule is CC(CNC(=O)C(=O)Nc1ccc(F)c(C#N)c1)c1cccs1. The summed E-state index contributed by atoms with van der Waals surface area (Å²) < 4.78 is 13.2. The van der Waals surface area contributed by atoms with Gasteiger partial charge in [-0.05, 0) is 29.6 Å². The first-order valence-corrected chi connectivity index (χ1v) is 7.71. The van der Waals surface area contributed by atoms with Crippen LogP contribution in [-0.2, 0) is 9.59 Å². The number of thiophene rings is 1. The van der Waals surface area contributed by atoms with Crippen molar-refractivity contribution in [1.82, 2.24) is 5.32 Å². The van der Waals surface area contributed by atoms with Crippen molar-refractivity contribution in [2.75, 3.05) is 11.9 Å². The Kier molecular flexibility index (Phi) is 5.44. The minimum absolute atomic E-state index is 0.0998. The van der Waals surface area contributed by atoms with E-state index in [9.17, 15) is 14.0 Å². The van der Waals surface area contributed by atoms with E-state index in [4.69, 9.17) is 5.26 Å². The monoisotopic (exact) mass is 331 g/mol. The molecule has 1 heterocycles. The second kappa shape index (κ2) is 7.51.